The van der Waals surface area contributed by atoms with E-state index in [4.69, 9.17) is 5.73 Å². The molecule has 1 aromatic rings. The Kier molecular flexibility index (Phi) is 9.39. The SMILES string of the molecule is CN(C)CC(NC(=O)C1CC2CCCC(C1)C2N)c1ccccc1.Cl.Cl. The van der Waals surface area contributed by atoms with E-state index in [2.05, 4.69) is 22.3 Å². The minimum atomic E-state index is 0. The number of carbonyl (C=O) groups excluding carboxylic acids is 1. The van der Waals surface area contributed by atoms with Crippen LogP contribution in [0, 0.1) is 17.8 Å². The number of halogens is 2. The third kappa shape index (κ3) is 5.59. The Morgan fingerprint density at radius 3 is 2.27 bits per heavy atom. The molecular formula is C20H33Cl2N3O. The number of hydrogen-bond donors (Lipinski definition) is 2. The molecule has 2 saturated carbocycles. The van der Waals surface area contributed by atoms with Crippen molar-refractivity contribution < 1.29 is 4.79 Å². The number of fused-ring (bicyclic) bond motifs is 2. The first-order chi connectivity index (χ1) is 11.5. The van der Waals surface area contributed by atoms with Gasteiger partial charge in [-0.3, -0.25) is 4.79 Å². The van der Waals surface area contributed by atoms with Crippen molar-refractivity contribution in [3.05, 3.63) is 35.9 Å². The molecule has 0 aliphatic heterocycles. The molecule has 0 aromatic heterocycles. The van der Waals surface area contributed by atoms with E-state index >= 15 is 0 Å². The van der Waals surface area contributed by atoms with Crippen LogP contribution in [0.5, 0.6) is 0 Å². The van der Waals surface area contributed by atoms with Crippen molar-refractivity contribution in [2.45, 2.75) is 44.2 Å². The smallest absolute Gasteiger partial charge is 0.223 e. The normalized spacial score (nSPS) is 28.5. The number of amides is 1. The minimum Gasteiger partial charge on any atom is -0.348 e. The molecule has 3 unspecified atom stereocenters. The van der Waals surface area contributed by atoms with Crippen molar-refractivity contribution in [2.75, 3.05) is 20.6 Å². The molecule has 148 valence electrons. The second-order valence-electron chi connectivity index (χ2n) is 7.93. The van der Waals surface area contributed by atoms with E-state index in [0.717, 1.165) is 19.4 Å². The summed E-state index contributed by atoms with van der Waals surface area (Å²) in [5.41, 5.74) is 7.54. The molecule has 0 heterocycles. The summed E-state index contributed by atoms with van der Waals surface area (Å²) < 4.78 is 0. The van der Waals surface area contributed by atoms with Gasteiger partial charge in [-0.1, -0.05) is 36.8 Å². The topological polar surface area (TPSA) is 58.4 Å². The molecule has 2 bridgehead atoms. The molecule has 6 heteroatoms. The van der Waals surface area contributed by atoms with Gasteiger partial charge in [-0.2, -0.15) is 0 Å². The zero-order valence-corrected chi connectivity index (χ0v) is 17.4. The molecule has 0 spiro atoms. The average Bonchev–Trinajstić information content (AvgIpc) is 2.54. The van der Waals surface area contributed by atoms with E-state index in [1.54, 1.807) is 0 Å². The highest BCUT2D eigenvalue weighted by molar-refractivity contribution is 5.85. The van der Waals surface area contributed by atoms with E-state index in [0.29, 0.717) is 17.9 Å². The fraction of sp³-hybridized carbons (Fsp3) is 0.650. The van der Waals surface area contributed by atoms with Crippen LogP contribution in [0.2, 0.25) is 0 Å². The zero-order chi connectivity index (χ0) is 17.1. The Morgan fingerprint density at radius 2 is 1.73 bits per heavy atom. The summed E-state index contributed by atoms with van der Waals surface area (Å²) in [5.74, 6) is 1.43. The fourth-order valence-corrected chi connectivity index (χ4v) is 4.58. The molecule has 0 saturated heterocycles. The van der Waals surface area contributed by atoms with Gasteiger partial charge >= 0.3 is 0 Å². The Labute approximate surface area is 170 Å². The van der Waals surface area contributed by atoms with Crippen molar-refractivity contribution in [3.63, 3.8) is 0 Å². The molecule has 2 aliphatic rings. The van der Waals surface area contributed by atoms with Crippen molar-refractivity contribution in [1.29, 1.82) is 0 Å². The maximum absolute atomic E-state index is 12.9. The fourth-order valence-electron chi connectivity index (χ4n) is 4.58. The first-order valence-corrected chi connectivity index (χ1v) is 9.30. The van der Waals surface area contributed by atoms with Gasteiger partial charge < -0.3 is 16.0 Å². The summed E-state index contributed by atoms with van der Waals surface area (Å²) in [6.07, 6.45) is 5.60. The Hall–Kier alpha value is -0.810. The van der Waals surface area contributed by atoms with E-state index < -0.39 is 0 Å². The predicted molar refractivity (Wildman–Crippen MR) is 112 cm³/mol. The van der Waals surface area contributed by atoms with Gasteiger partial charge in [0.15, 0.2) is 0 Å². The molecule has 3 N–H and O–H groups in total. The number of rotatable bonds is 5. The Bertz CT molecular complexity index is 541. The highest BCUT2D eigenvalue weighted by Crippen LogP contribution is 2.42. The van der Waals surface area contributed by atoms with Gasteiger partial charge in [-0.15, -0.1) is 24.8 Å². The molecule has 26 heavy (non-hydrogen) atoms. The van der Waals surface area contributed by atoms with Crippen molar-refractivity contribution >= 4 is 30.7 Å². The lowest BCUT2D eigenvalue weighted by Crippen LogP contribution is -2.49. The first-order valence-electron chi connectivity index (χ1n) is 9.30. The molecule has 1 aromatic carbocycles. The van der Waals surface area contributed by atoms with Crippen molar-refractivity contribution in [3.8, 4) is 0 Å². The van der Waals surface area contributed by atoms with Crippen LogP contribution >= 0.6 is 24.8 Å². The van der Waals surface area contributed by atoms with Gasteiger partial charge in [0.2, 0.25) is 5.91 Å². The van der Waals surface area contributed by atoms with E-state index in [-0.39, 0.29) is 42.7 Å². The molecule has 0 radical (unpaired) electrons. The summed E-state index contributed by atoms with van der Waals surface area (Å²) in [4.78, 5) is 15.1. The first kappa shape index (κ1) is 23.2. The highest BCUT2D eigenvalue weighted by Gasteiger charge is 2.40. The largest absolute Gasteiger partial charge is 0.348 e. The van der Waals surface area contributed by atoms with Gasteiger partial charge in [0.25, 0.3) is 0 Å². The molecule has 3 rings (SSSR count). The van der Waals surface area contributed by atoms with Gasteiger partial charge in [-0.25, -0.2) is 0 Å². The van der Waals surface area contributed by atoms with Crippen LogP contribution in [0.4, 0.5) is 0 Å². The molecule has 2 fully saturated rings. The van der Waals surface area contributed by atoms with Crippen molar-refractivity contribution in [1.82, 2.24) is 10.2 Å². The summed E-state index contributed by atoms with van der Waals surface area (Å²) in [7, 11) is 4.10. The number of hydrogen-bond acceptors (Lipinski definition) is 3. The molecular weight excluding hydrogens is 369 g/mol. The van der Waals surface area contributed by atoms with Crippen LogP contribution in [-0.4, -0.2) is 37.5 Å². The van der Waals surface area contributed by atoms with Crippen LogP contribution in [0.1, 0.15) is 43.7 Å². The number of benzene rings is 1. The van der Waals surface area contributed by atoms with E-state index in [1.165, 1.54) is 24.8 Å². The Balaban J connectivity index is 0.00000169. The number of carbonyl (C=O) groups is 1. The maximum Gasteiger partial charge on any atom is 0.223 e. The van der Waals surface area contributed by atoms with Gasteiger partial charge in [0.05, 0.1) is 6.04 Å². The van der Waals surface area contributed by atoms with Crippen LogP contribution in [0.15, 0.2) is 30.3 Å². The van der Waals surface area contributed by atoms with Crippen LogP contribution < -0.4 is 11.1 Å². The van der Waals surface area contributed by atoms with E-state index in [1.807, 2.05) is 32.3 Å². The van der Waals surface area contributed by atoms with Gasteiger partial charge in [-0.05, 0) is 57.2 Å². The number of nitrogens with two attached hydrogens (primary N) is 1. The molecule has 3 atom stereocenters. The monoisotopic (exact) mass is 401 g/mol. The van der Waals surface area contributed by atoms with Crippen LogP contribution in [0.3, 0.4) is 0 Å². The summed E-state index contributed by atoms with van der Waals surface area (Å²) in [6, 6.07) is 10.6. The lowest BCUT2D eigenvalue weighted by Gasteiger charge is -2.43. The summed E-state index contributed by atoms with van der Waals surface area (Å²) in [6.45, 7) is 0.814. The minimum absolute atomic E-state index is 0. The third-order valence-corrected chi connectivity index (χ3v) is 5.85. The van der Waals surface area contributed by atoms with Crippen molar-refractivity contribution in [2.24, 2.45) is 23.5 Å². The van der Waals surface area contributed by atoms with Gasteiger partial charge in [0.1, 0.15) is 0 Å². The summed E-state index contributed by atoms with van der Waals surface area (Å²) >= 11 is 0. The number of likely N-dealkylation sites (N-methyl/N-ethyl adjacent to an activating group) is 1. The molecule has 4 nitrogen and oxygen atoms in total. The van der Waals surface area contributed by atoms with Gasteiger partial charge in [0, 0.05) is 18.5 Å². The van der Waals surface area contributed by atoms with E-state index in [9.17, 15) is 4.79 Å². The quantitative estimate of drug-likeness (QED) is 0.794. The average molecular weight is 402 g/mol. The number of nitrogens with zero attached hydrogens (tertiary/aromatic N) is 1. The lowest BCUT2D eigenvalue weighted by molar-refractivity contribution is -0.128. The lowest BCUT2D eigenvalue weighted by atomic mass is 9.65. The summed E-state index contributed by atoms with van der Waals surface area (Å²) in [5, 5.41) is 3.32. The van der Waals surface area contributed by atoms with Crippen LogP contribution in [-0.2, 0) is 4.79 Å². The highest BCUT2D eigenvalue weighted by atomic mass is 35.5. The van der Waals surface area contributed by atoms with Crippen LogP contribution in [0.25, 0.3) is 0 Å². The number of nitrogens with one attached hydrogen (secondary N) is 1. The molecule has 2 aliphatic carbocycles. The second kappa shape index (κ2) is 10.5. The molecule has 1 amide bonds. The Morgan fingerprint density at radius 1 is 1.15 bits per heavy atom. The third-order valence-electron chi connectivity index (χ3n) is 5.85. The predicted octanol–water partition coefficient (Wildman–Crippen LogP) is 3.40. The zero-order valence-electron chi connectivity index (χ0n) is 15.8. The standard InChI is InChI=1S/C20H31N3O.2ClH/c1-23(2)13-18(14-7-4-3-5-8-14)22-20(24)17-11-15-9-6-10-16(12-17)19(15)21;;/h3-5,7-8,15-19H,6,9-13,21H2,1-2H3,(H,22,24);2*1H. The maximum atomic E-state index is 12.9. The second-order valence-corrected chi connectivity index (χ2v) is 7.93.